The van der Waals surface area contributed by atoms with Gasteiger partial charge in [0.05, 0.1) is 15.4 Å². The molecule has 1 amide bonds. The number of nitro benzene ring substituents is 1. The van der Waals surface area contributed by atoms with E-state index >= 15 is 0 Å². The Morgan fingerprint density at radius 1 is 1.25 bits per heavy atom. The summed E-state index contributed by atoms with van der Waals surface area (Å²) in [4.78, 5) is 35.4. The fourth-order valence-electron chi connectivity index (χ4n) is 2.62. The lowest BCUT2D eigenvalue weighted by Crippen LogP contribution is -2.21. The number of nitrogens with zero attached hydrogens (tertiary/aromatic N) is 1. The van der Waals surface area contributed by atoms with Crippen molar-refractivity contribution >= 4 is 35.0 Å². The van der Waals surface area contributed by atoms with Crippen molar-refractivity contribution in [2.45, 2.75) is 31.1 Å². The first kappa shape index (κ1) is 21.4. The molecule has 0 bridgehead atoms. The largest absolute Gasteiger partial charge is 0.452 e. The first-order valence-electron chi connectivity index (χ1n) is 8.75. The Labute approximate surface area is 167 Å². The number of esters is 1. The van der Waals surface area contributed by atoms with Crippen LogP contribution in [0.25, 0.3) is 0 Å². The number of rotatable bonds is 8. The summed E-state index contributed by atoms with van der Waals surface area (Å²) < 4.78 is 5.02. The van der Waals surface area contributed by atoms with Gasteiger partial charge in [-0.3, -0.25) is 14.9 Å². The molecule has 2 aromatic carbocycles. The SMILES string of the molecule is CC[C@@H](C)c1ccccc1NC(=O)COC(=O)c1ccc(SC)c([N+](=O)[O-])c1. The Balaban J connectivity index is 2.03. The van der Waals surface area contributed by atoms with Gasteiger partial charge in [-0.25, -0.2) is 4.79 Å². The molecule has 0 saturated carbocycles. The summed E-state index contributed by atoms with van der Waals surface area (Å²) >= 11 is 1.21. The molecule has 7 nitrogen and oxygen atoms in total. The van der Waals surface area contributed by atoms with Crippen LogP contribution in [0.3, 0.4) is 0 Å². The molecule has 1 atom stereocenters. The third-order valence-electron chi connectivity index (χ3n) is 4.32. The third-order valence-corrected chi connectivity index (χ3v) is 5.11. The normalized spacial score (nSPS) is 11.5. The van der Waals surface area contributed by atoms with Crippen LogP contribution in [0.2, 0.25) is 0 Å². The third kappa shape index (κ3) is 5.32. The van der Waals surface area contributed by atoms with Crippen molar-refractivity contribution in [3.05, 3.63) is 63.7 Å². The van der Waals surface area contributed by atoms with Crippen LogP contribution >= 0.6 is 11.8 Å². The average molecular weight is 402 g/mol. The minimum atomic E-state index is -0.791. The van der Waals surface area contributed by atoms with Crippen LogP contribution in [0.1, 0.15) is 42.1 Å². The Morgan fingerprint density at radius 2 is 1.96 bits per heavy atom. The Morgan fingerprint density at radius 3 is 2.61 bits per heavy atom. The van der Waals surface area contributed by atoms with E-state index in [-0.39, 0.29) is 17.2 Å². The van der Waals surface area contributed by atoms with Crippen LogP contribution in [0.4, 0.5) is 11.4 Å². The molecular weight excluding hydrogens is 380 g/mol. The monoisotopic (exact) mass is 402 g/mol. The average Bonchev–Trinajstić information content (AvgIpc) is 2.71. The van der Waals surface area contributed by atoms with Gasteiger partial charge in [-0.2, -0.15) is 0 Å². The van der Waals surface area contributed by atoms with Crippen LogP contribution in [0.5, 0.6) is 0 Å². The Bertz CT molecular complexity index is 885. The molecule has 0 aliphatic heterocycles. The highest BCUT2D eigenvalue weighted by Crippen LogP contribution is 2.29. The van der Waals surface area contributed by atoms with Crippen LogP contribution in [-0.2, 0) is 9.53 Å². The van der Waals surface area contributed by atoms with Crippen molar-refractivity contribution in [2.75, 3.05) is 18.2 Å². The van der Waals surface area contributed by atoms with E-state index < -0.39 is 23.4 Å². The van der Waals surface area contributed by atoms with Gasteiger partial charge in [-0.1, -0.05) is 32.0 Å². The summed E-state index contributed by atoms with van der Waals surface area (Å²) in [6, 6.07) is 11.6. The number of para-hydroxylation sites is 1. The van der Waals surface area contributed by atoms with Gasteiger partial charge in [0.1, 0.15) is 0 Å². The highest BCUT2D eigenvalue weighted by atomic mass is 32.2. The number of amides is 1. The highest BCUT2D eigenvalue weighted by molar-refractivity contribution is 7.98. The van der Waals surface area contributed by atoms with Crippen molar-refractivity contribution in [1.29, 1.82) is 0 Å². The quantitative estimate of drug-likeness (QED) is 0.299. The molecule has 0 fully saturated rings. The van der Waals surface area contributed by atoms with Gasteiger partial charge < -0.3 is 10.1 Å². The molecule has 8 heteroatoms. The maximum absolute atomic E-state index is 12.2. The van der Waals surface area contributed by atoms with Gasteiger partial charge in [0, 0.05) is 11.8 Å². The first-order chi connectivity index (χ1) is 13.4. The van der Waals surface area contributed by atoms with E-state index in [4.69, 9.17) is 4.74 Å². The van der Waals surface area contributed by atoms with E-state index in [2.05, 4.69) is 19.2 Å². The predicted molar refractivity (Wildman–Crippen MR) is 109 cm³/mol. The summed E-state index contributed by atoms with van der Waals surface area (Å²) in [5.74, 6) is -0.991. The molecular formula is C20H22N2O5S. The van der Waals surface area contributed by atoms with E-state index in [1.165, 1.54) is 23.9 Å². The number of ether oxygens (including phenoxy) is 1. The van der Waals surface area contributed by atoms with Gasteiger partial charge in [0.25, 0.3) is 11.6 Å². The van der Waals surface area contributed by atoms with Crippen LogP contribution < -0.4 is 5.32 Å². The summed E-state index contributed by atoms with van der Waals surface area (Å²) in [7, 11) is 0. The summed E-state index contributed by atoms with van der Waals surface area (Å²) in [5.41, 5.74) is 1.54. The number of nitro groups is 1. The van der Waals surface area contributed by atoms with Gasteiger partial charge in [-0.15, -0.1) is 11.8 Å². The van der Waals surface area contributed by atoms with E-state index in [0.29, 0.717) is 10.6 Å². The fourth-order valence-corrected chi connectivity index (χ4v) is 3.17. The zero-order chi connectivity index (χ0) is 20.7. The molecule has 148 valence electrons. The van der Waals surface area contributed by atoms with E-state index in [9.17, 15) is 19.7 Å². The Hall–Kier alpha value is -2.87. The van der Waals surface area contributed by atoms with Gasteiger partial charge >= 0.3 is 5.97 Å². The second-order valence-corrected chi connectivity index (χ2v) is 7.01. The summed E-state index contributed by atoms with van der Waals surface area (Å²) in [6.45, 7) is 3.65. The molecule has 0 saturated heterocycles. The van der Waals surface area contributed by atoms with Crippen molar-refractivity contribution in [2.24, 2.45) is 0 Å². The van der Waals surface area contributed by atoms with Crippen LogP contribution in [-0.4, -0.2) is 29.7 Å². The molecule has 0 aliphatic carbocycles. The molecule has 1 N–H and O–H groups in total. The minimum absolute atomic E-state index is 0.0253. The summed E-state index contributed by atoms with van der Waals surface area (Å²) in [5, 5.41) is 13.9. The maximum Gasteiger partial charge on any atom is 0.338 e. The fraction of sp³-hybridized carbons (Fsp3) is 0.300. The number of carbonyl (C=O) groups is 2. The maximum atomic E-state index is 12.2. The molecule has 0 radical (unpaired) electrons. The molecule has 28 heavy (non-hydrogen) atoms. The second kappa shape index (κ2) is 9.89. The second-order valence-electron chi connectivity index (χ2n) is 6.16. The lowest BCUT2D eigenvalue weighted by molar-refractivity contribution is -0.387. The zero-order valence-electron chi connectivity index (χ0n) is 15.9. The highest BCUT2D eigenvalue weighted by Gasteiger charge is 2.19. The number of hydrogen-bond acceptors (Lipinski definition) is 6. The van der Waals surface area contributed by atoms with Crippen molar-refractivity contribution in [3.8, 4) is 0 Å². The van der Waals surface area contributed by atoms with E-state index in [0.717, 1.165) is 18.1 Å². The number of carbonyl (C=O) groups excluding carboxylic acids is 2. The molecule has 0 aromatic heterocycles. The standard InChI is InChI=1S/C20H22N2O5S/c1-4-13(2)15-7-5-6-8-16(15)21-19(23)12-27-20(24)14-9-10-18(28-3)17(11-14)22(25)26/h5-11,13H,4,12H2,1-3H3,(H,21,23)/t13-/m1/s1. The summed E-state index contributed by atoms with van der Waals surface area (Å²) in [6.07, 6.45) is 2.63. The van der Waals surface area contributed by atoms with Crippen molar-refractivity contribution < 1.29 is 19.2 Å². The lowest BCUT2D eigenvalue weighted by Gasteiger charge is -2.15. The molecule has 0 heterocycles. The Kier molecular flexibility index (Phi) is 7.57. The molecule has 2 aromatic rings. The van der Waals surface area contributed by atoms with Gasteiger partial charge in [0.15, 0.2) is 6.61 Å². The van der Waals surface area contributed by atoms with Crippen molar-refractivity contribution in [3.63, 3.8) is 0 Å². The first-order valence-corrected chi connectivity index (χ1v) is 9.98. The molecule has 2 rings (SSSR count). The predicted octanol–water partition coefficient (Wildman–Crippen LogP) is 4.63. The topological polar surface area (TPSA) is 98.5 Å². The van der Waals surface area contributed by atoms with E-state index in [1.54, 1.807) is 12.3 Å². The molecule has 0 unspecified atom stereocenters. The number of benzene rings is 2. The van der Waals surface area contributed by atoms with Gasteiger partial charge in [-0.05, 0) is 42.4 Å². The van der Waals surface area contributed by atoms with Gasteiger partial charge in [0.2, 0.25) is 0 Å². The minimum Gasteiger partial charge on any atom is -0.452 e. The van der Waals surface area contributed by atoms with Crippen LogP contribution in [0.15, 0.2) is 47.4 Å². The number of thioether (sulfide) groups is 1. The molecule has 0 aliphatic rings. The van der Waals surface area contributed by atoms with Crippen LogP contribution in [0, 0.1) is 10.1 Å². The number of nitrogens with one attached hydrogen (secondary N) is 1. The zero-order valence-corrected chi connectivity index (χ0v) is 16.7. The van der Waals surface area contributed by atoms with E-state index in [1.807, 2.05) is 18.2 Å². The number of anilines is 1. The lowest BCUT2D eigenvalue weighted by atomic mass is 9.97. The molecule has 0 spiro atoms. The smallest absolute Gasteiger partial charge is 0.338 e. The van der Waals surface area contributed by atoms with Crippen molar-refractivity contribution in [1.82, 2.24) is 0 Å². The number of hydrogen-bond donors (Lipinski definition) is 1.